The van der Waals surface area contributed by atoms with Gasteiger partial charge in [0.25, 0.3) is 5.91 Å². The molecule has 1 amide bonds. The molecule has 0 aliphatic rings. The molecule has 0 saturated carbocycles. The van der Waals surface area contributed by atoms with Crippen LogP contribution in [0.2, 0.25) is 0 Å². The van der Waals surface area contributed by atoms with Crippen molar-refractivity contribution >= 4 is 21.8 Å². The Morgan fingerprint density at radius 3 is 2.74 bits per heavy atom. The molecule has 0 spiro atoms. The van der Waals surface area contributed by atoms with Crippen molar-refractivity contribution < 1.29 is 13.7 Å². The Labute approximate surface area is 118 Å². The predicted molar refractivity (Wildman–Crippen MR) is 71.1 cm³/mol. The van der Waals surface area contributed by atoms with Crippen molar-refractivity contribution in [3.05, 3.63) is 51.6 Å². The molecule has 1 aromatic heterocycles. The summed E-state index contributed by atoms with van der Waals surface area (Å²) in [6.07, 6.45) is 0. The Bertz CT molecular complexity index is 592. The molecule has 0 radical (unpaired) electrons. The van der Waals surface area contributed by atoms with Crippen molar-refractivity contribution in [1.82, 2.24) is 10.1 Å². The van der Waals surface area contributed by atoms with Gasteiger partial charge in [-0.1, -0.05) is 21.1 Å². The average Bonchev–Trinajstić information content (AvgIpc) is 2.72. The van der Waals surface area contributed by atoms with Gasteiger partial charge in [-0.15, -0.1) is 0 Å². The number of aryl methyl sites for hydroxylation is 1. The molecule has 0 atom stereocenters. The number of hydrogen-bond acceptors (Lipinski definition) is 3. The van der Waals surface area contributed by atoms with E-state index in [1.165, 1.54) is 17.0 Å². The maximum absolute atomic E-state index is 13.3. The van der Waals surface area contributed by atoms with Crippen LogP contribution in [0.25, 0.3) is 0 Å². The van der Waals surface area contributed by atoms with Crippen LogP contribution in [0, 0.1) is 12.7 Å². The van der Waals surface area contributed by atoms with E-state index in [0.717, 1.165) is 0 Å². The summed E-state index contributed by atoms with van der Waals surface area (Å²) in [5, 5.41) is 3.81. The van der Waals surface area contributed by atoms with Gasteiger partial charge in [0.15, 0.2) is 0 Å². The highest BCUT2D eigenvalue weighted by Gasteiger charge is 2.15. The zero-order chi connectivity index (χ0) is 14.0. The molecular formula is C13H12BrFN2O2. The molecule has 1 heterocycles. The number of nitrogens with zero attached hydrogens (tertiary/aromatic N) is 2. The largest absolute Gasteiger partial charge is 0.361 e. The van der Waals surface area contributed by atoms with Crippen LogP contribution in [0.3, 0.4) is 0 Å². The summed E-state index contributed by atoms with van der Waals surface area (Å²) >= 11 is 3.16. The monoisotopic (exact) mass is 326 g/mol. The molecule has 0 aliphatic heterocycles. The van der Waals surface area contributed by atoms with Crippen LogP contribution in [0.15, 0.2) is 33.3 Å². The molecule has 0 fully saturated rings. The Hall–Kier alpha value is -1.69. The fourth-order valence-electron chi connectivity index (χ4n) is 1.70. The van der Waals surface area contributed by atoms with Crippen LogP contribution in [-0.4, -0.2) is 23.0 Å². The van der Waals surface area contributed by atoms with E-state index in [0.29, 0.717) is 22.5 Å². The normalized spacial score (nSPS) is 10.5. The Balaban J connectivity index is 2.14. The second-order valence-corrected chi connectivity index (χ2v) is 5.16. The quantitative estimate of drug-likeness (QED) is 0.870. The van der Waals surface area contributed by atoms with Gasteiger partial charge < -0.3 is 9.42 Å². The first kappa shape index (κ1) is 13.7. The van der Waals surface area contributed by atoms with E-state index in [1.54, 1.807) is 26.1 Å². The fourth-order valence-corrected chi connectivity index (χ4v) is 2.17. The van der Waals surface area contributed by atoms with Crippen LogP contribution in [0.4, 0.5) is 4.39 Å². The topological polar surface area (TPSA) is 46.3 Å². The Kier molecular flexibility index (Phi) is 3.99. The second kappa shape index (κ2) is 5.52. The van der Waals surface area contributed by atoms with Crippen molar-refractivity contribution in [2.45, 2.75) is 13.5 Å². The number of amides is 1. The number of carbonyl (C=O) groups is 1. The van der Waals surface area contributed by atoms with Crippen LogP contribution in [0.1, 0.15) is 21.8 Å². The molecule has 2 rings (SSSR count). The van der Waals surface area contributed by atoms with E-state index in [9.17, 15) is 9.18 Å². The van der Waals surface area contributed by atoms with E-state index >= 15 is 0 Å². The molecule has 0 saturated heterocycles. The molecule has 100 valence electrons. The second-order valence-electron chi connectivity index (χ2n) is 4.25. The molecule has 6 heteroatoms. The van der Waals surface area contributed by atoms with Gasteiger partial charge in [-0.25, -0.2) is 4.39 Å². The summed E-state index contributed by atoms with van der Waals surface area (Å²) < 4.78 is 18.7. The highest BCUT2D eigenvalue weighted by molar-refractivity contribution is 9.10. The van der Waals surface area contributed by atoms with E-state index in [4.69, 9.17) is 4.52 Å². The number of halogens is 2. The SMILES string of the molecule is Cc1cc(CN(C)C(=O)c2cc(F)cc(Br)c2)no1. The van der Waals surface area contributed by atoms with E-state index < -0.39 is 5.82 Å². The highest BCUT2D eigenvalue weighted by Crippen LogP contribution is 2.17. The summed E-state index contributed by atoms with van der Waals surface area (Å²) in [5.74, 6) is -0.0476. The van der Waals surface area contributed by atoms with Gasteiger partial charge in [0.1, 0.15) is 17.3 Å². The third kappa shape index (κ3) is 3.41. The van der Waals surface area contributed by atoms with Crippen molar-refractivity contribution in [3.8, 4) is 0 Å². The summed E-state index contributed by atoms with van der Waals surface area (Å²) in [5.41, 5.74) is 0.943. The van der Waals surface area contributed by atoms with Gasteiger partial charge in [-0.05, 0) is 25.1 Å². The fraction of sp³-hybridized carbons (Fsp3) is 0.231. The lowest BCUT2D eigenvalue weighted by atomic mass is 10.2. The van der Waals surface area contributed by atoms with E-state index in [2.05, 4.69) is 21.1 Å². The Morgan fingerprint density at radius 1 is 1.42 bits per heavy atom. The van der Waals surface area contributed by atoms with Gasteiger partial charge in [-0.2, -0.15) is 0 Å². The van der Waals surface area contributed by atoms with Crippen molar-refractivity contribution in [2.24, 2.45) is 0 Å². The zero-order valence-electron chi connectivity index (χ0n) is 10.5. The standard InChI is InChI=1S/C13H12BrFN2O2/c1-8-3-12(16-19-8)7-17(2)13(18)9-4-10(14)6-11(15)5-9/h3-6H,7H2,1-2H3. The lowest BCUT2D eigenvalue weighted by molar-refractivity contribution is 0.0781. The van der Waals surface area contributed by atoms with Gasteiger partial charge in [-0.3, -0.25) is 4.79 Å². The molecular weight excluding hydrogens is 315 g/mol. The number of carbonyl (C=O) groups excluding carboxylic acids is 1. The third-order valence-electron chi connectivity index (χ3n) is 2.53. The van der Waals surface area contributed by atoms with Crippen LogP contribution in [-0.2, 0) is 6.54 Å². The van der Waals surface area contributed by atoms with Crippen LogP contribution in [0.5, 0.6) is 0 Å². The maximum Gasteiger partial charge on any atom is 0.254 e. The minimum Gasteiger partial charge on any atom is -0.361 e. The number of benzene rings is 1. The van der Waals surface area contributed by atoms with Gasteiger partial charge >= 0.3 is 0 Å². The highest BCUT2D eigenvalue weighted by atomic mass is 79.9. The first-order chi connectivity index (χ1) is 8.95. The van der Waals surface area contributed by atoms with Crippen molar-refractivity contribution in [3.63, 3.8) is 0 Å². The lowest BCUT2D eigenvalue weighted by Gasteiger charge is -2.15. The minimum atomic E-state index is -0.455. The predicted octanol–water partition coefficient (Wildman–Crippen LogP) is 3.16. The summed E-state index contributed by atoms with van der Waals surface area (Å²) in [7, 11) is 1.63. The van der Waals surface area contributed by atoms with Gasteiger partial charge in [0.2, 0.25) is 0 Å². The molecule has 0 N–H and O–H groups in total. The zero-order valence-corrected chi connectivity index (χ0v) is 12.1. The van der Waals surface area contributed by atoms with Gasteiger partial charge in [0, 0.05) is 23.2 Å². The molecule has 2 aromatic rings. The first-order valence-corrected chi connectivity index (χ1v) is 6.39. The smallest absolute Gasteiger partial charge is 0.254 e. The molecule has 0 bridgehead atoms. The third-order valence-corrected chi connectivity index (χ3v) is 2.99. The first-order valence-electron chi connectivity index (χ1n) is 5.59. The van der Waals surface area contributed by atoms with E-state index in [1.807, 2.05) is 0 Å². The molecule has 4 nitrogen and oxygen atoms in total. The van der Waals surface area contributed by atoms with Crippen molar-refractivity contribution in [2.75, 3.05) is 7.05 Å². The van der Waals surface area contributed by atoms with Crippen LogP contribution >= 0.6 is 15.9 Å². The maximum atomic E-state index is 13.3. The summed E-state index contributed by atoms with van der Waals surface area (Å²) in [6, 6.07) is 5.84. The van der Waals surface area contributed by atoms with Crippen molar-refractivity contribution in [1.29, 1.82) is 0 Å². The molecule has 0 aliphatic carbocycles. The van der Waals surface area contributed by atoms with E-state index in [-0.39, 0.29) is 11.5 Å². The molecule has 0 unspecified atom stereocenters. The summed E-state index contributed by atoms with van der Waals surface area (Å²) in [6.45, 7) is 2.09. The number of rotatable bonds is 3. The molecule has 1 aromatic carbocycles. The average molecular weight is 327 g/mol. The Morgan fingerprint density at radius 2 is 2.16 bits per heavy atom. The number of aromatic nitrogens is 1. The lowest BCUT2D eigenvalue weighted by Crippen LogP contribution is -2.26. The molecule has 19 heavy (non-hydrogen) atoms. The van der Waals surface area contributed by atoms with Gasteiger partial charge in [0.05, 0.1) is 6.54 Å². The minimum absolute atomic E-state index is 0.277. The number of hydrogen-bond donors (Lipinski definition) is 0. The van der Waals surface area contributed by atoms with Crippen LogP contribution < -0.4 is 0 Å². The summed E-state index contributed by atoms with van der Waals surface area (Å²) in [4.78, 5) is 13.6.